The number of nitrogens with zero attached hydrogens (tertiary/aromatic N) is 3. The van der Waals surface area contributed by atoms with Crippen LogP contribution >= 0.6 is 11.3 Å². The molecule has 2 aromatic heterocycles. The van der Waals surface area contributed by atoms with Gasteiger partial charge in [0.25, 0.3) is 0 Å². The van der Waals surface area contributed by atoms with Gasteiger partial charge in [0.2, 0.25) is 0 Å². The standard InChI is InChI=1S/C10H12N4S/c1-7-3-8(4-11-2)14-10(13-7)9-5-15-6-12-9/h3,5-6,11H,4H2,1-2H3. The van der Waals surface area contributed by atoms with Crippen molar-refractivity contribution < 1.29 is 0 Å². The monoisotopic (exact) mass is 220 g/mol. The van der Waals surface area contributed by atoms with E-state index in [2.05, 4.69) is 20.3 Å². The minimum Gasteiger partial charge on any atom is -0.314 e. The zero-order valence-corrected chi connectivity index (χ0v) is 9.51. The van der Waals surface area contributed by atoms with E-state index in [1.165, 1.54) is 0 Å². The Morgan fingerprint density at radius 2 is 2.27 bits per heavy atom. The first-order valence-electron chi connectivity index (χ1n) is 4.67. The molecular weight excluding hydrogens is 208 g/mol. The van der Waals surface area contributed by atoms with E-state index in [1.54, 1.807) is 16.8 Å². The van der Waals surface area contributed by atoms with Gasteiger partial charge in [0.15, 0.2) is 5.82 Å². The Morgan fingerprint density at radius 1 is 1.40 bits per heavy atom. The van der Waals surface area contributed by atoms with E-state index >= 15 is 0 Å². The van der Waals surface area contributed by atoms with Crippen LogP contribution < -0.4 is 5.32 Å². The Bertz CT molecular complexity index is 439. The zero-order valence-electron chi connectivity index (χ0n) is 8.69. The van der Waals surface area contributed by atoms with E-state index in [1.807, 2.05) is 25.4 Å². The van der Waals surface area contributed by atoms with E-state index in [-0.39, 0.29) is 0 Å². The van der Waals surface area contributed by atoms with Crippen molar-refractivity contribution in [2.75, 3.05) is 7.05 Å². The summed E-state index contributed by atoms with van der Waals surface area (Å²) in [5.74, 6) is 0.710. The first-order chi connectivity index (χ1) is 7.29. The quantitative estimate of drug-likeness (QED) is 0.854. The van der Waals surface area contributed by atoms with Gasteiger partial charge >= 0.3 is 0 Å². The fourth-order valence-corrected chi connectivity index (χ4v) is 1.87. The maximum Gasteiger partial charge on any atom is 0.179 e. The van der Waals surface area contributed by atoms with Gasteiger partial charge in [-0.25, -0.2) is 15.0 Å². The van der Waals surface area contributed by atoms with Gasteiger partial charge in [-0.3, -0.25) is 0 Å². The third-order valence-corrected chi connectivity index (χ3v) is 2.51. The summed E-state index contributed by atoms with van der Waals surface area (Å²) >= 11 is 1.55. The Morgan fingerprint density at radius 3 is 2.93 bits per heavy atom. The molecule has 2 aromatic rings. The minimum absolute atomic E-state index is 0.710. The van der Waals surface area contributed by atoms with Crippen LogP contribution in [0.4, 0.5) is 0 Å². The molecule has 0 spiro atoms. The molecule has 5 heteroatoms. The molecule has 0 bridgehead atoms. The van der Waals surface area contributed by atoms with Crippen molar-refractivity contribution in [3.63, 3.8) is 0 Å². The second-order valence-electron chi connectivity index (χ2n) is 3.23. The Hall–Kier alpha value is -1.33. The molecule has 0 fully saturated rings. The summed E-state index contributed by atoms with van der Waals surface area (Å²) in [5.41, 5.74) is 4.60. The molecular formula is C10H12N4S. The number of hydrogen-bond donors (Lipinski definition) is 1. The third kappa shape index (κ3) is 2.37. The maximum absolute atomic E-state index is 4.44. The topological polar surface area (TPSA) is 50.7 Å². The molecule has 0 radical (unpaired) electrons. The lowest BCUT2D eigenvalue weighted by Crippen LogP contribution is -2.08. The minimum atomic E-state index is 0.710. The highest BCUT2D eigenvalue weighted by atomic mass is 32.1. The van der Waals surface area contributed by atoms with E-state index in [9.17, 15) is 0 Å². The van der Waals surface area contributed by atoms with Crippen LogP contribution in [0.15, 0.2) is 17.0 Å². The lowest BCUT2D eigenvalue weighted by atomic mass is 10.3. The number of nitrogens with one attached hydrogen (secondary N) is 1. The van der Waals surface area contributed by atoms with Crippen LogP contribution in [0.2, 0.25) is 0 Å². The van der Waals surface area contributed by atoms with Crippen LogP contribution in [0.25, 0.3) is 11.5 Å². The summed E-state index contributed by atoms with van der Waals surface area (Å²) in [6, 6.07) is 1.98. The van der Waals surface area contributed by atoms with Crippen molar-refractivity contribution in [2.24, 2.45) is 0 Å². The summed E-state index contributed by atoms with van der Waals surface area (Å²) in [5, 5.41) is 5.03. The van der Waals surface area contributed by atoms with E-state index < -0.39 is 0 Å². The van der Waals surface area contributed by atoms with Gasteiger partial charge in [-0.1, -0.05) is 0 Å². The summed E-state index contributed by atoms with van der Waals surface area (Å²) in [7, 11) is 1.90. The molecule has 78 valence electrons. The molecule has 0 unspecified atom stereocenters. The summed E-state index contributed by atoms with van der Waals surface area (Å²) < 4.78 is 0. The van der Waals surface area contributed by atoms with E-state index in [0.717, 1.165) is 23.6 Å². The van der Waals surface area contributed by atoms with Gasteiger partial charge in [-0.2, -0.15) is 0 Å². The van der Waals surface area contributed by atoms with Crippen molar-refractivity contribution in [3.05, 3.63) is 28.3 Å². The van der Waals surface area contributed by atoms with Gasteiger partial charge in [0.1, 0.15) is 5.69 Å². The number of hydrogen-bond acceptors (Lipinski definition) is 5. The van der Waals surface area contributed by atoms with Crippen LogP contribution in [0.5, 0.6) is 0 Å². The molecule has 0 saturated heterocycles. The Balaban J connectivity index is 2.40. The van der Waals surface area contributed by atoms with E-state index in [4.69, 9.17) is 0 Å². The summed E-state index contributed by atoms with van der Waals surface area (Å²) in [6.07, 6.45) is 0. The number of rotatable bonds is 3. The molecule has 0 saturated carbocycles. The molecule has 2 heterocycles. The van der Waals surface area contributed by atoms with Gasteiger partial charge in [0, 0.05) is 17.6 Å². The Labute approximate surface area is 92.4 Å². The molecule has 0 aliphatic rings. The summed E-state index contributed by atoms with van der Waals surface area (Å²) in [4.78, 5) is 13.0. The van der Waals surface area contributed by atoms with Crippen molar-refractivity contribution in [1.82, 2.24) is 20.3 Å². The van der Waals surface area contributed by atoms with Crippen LogP contribution in [0.1, 0.15) is 11.4 Å². The number of aromatic nitrogens is 3. The first kappa shape index (κ1) is 10.2. The second-order valence-corrected chi connectivity index (χ2v) is 3.95. The Kier molecular flexibility index (Phi) is 3.03. The highest BCUT2D eigenvalue weighted by Crippen LogP contribution is 2.15. The predicted octanol–water partition coefficient (Wildman–Crippen LogP) is 1.63. The maximum atomic E-state index is 4.44. The van der Waals surface area contributed by atoms with Crippen LogP contribution in [-0.2, 0) is 6.54 Å². The molecule has 0 atom stereocenters. The van der Waals surface area contributed by atoms with Gasteiger partial charge in [-0.15, -0.1) is 11.3 Å². The average Bonchev–Trinajstić information content (AvgIpc) is 2.70. The van der Waals surface area contributed by atoms with E-state index in [0.29, 0.717) is 5.82 Å². The molecule has 0 aromatic carbocycles. The first-order valence-corrected chi connectivity index (χ1v) is 5.61. The fraction of sp³-hybridized carbons (Fsp3) is 0.300. The normalized spacial score (nSPS) is 10.5. The average molecular weight is 220 g/mol. The predicted molar refractivity (Wildman–Crippen MR) is 60.6 cm³/mol. The molecule has 0 aliphatic carbocycles. The molecule has 0 amide bonds. The fourth-order valence-electron chi connectivity index (χ4n) is 1.34. The second kappa shape index (κ2) is 4.46. The molecule has 15 heavy (non-hydrogen) atoms. The largest absolute Gasteiger partial charge is 0.314 e. The molecule has 2 rings (SSSR count). The highest BCUT2D eigenvalue weighted by Gasteiger charge is 2.05. The van der Waals surface area contributed by atoms with Crippen LogP contribution in [-0.4, -0.2) is 22.0 Å². The van der Waals surface area contributed by atoms with Crippen molar-refractivity contribution in [2.45, 2.75) is 13.5 Å². The lowest BCUT2D eigenvalue weighted by molar-refractivity contribution is 0.784. The summed E-state index contributed by atoms with van der Waals surface area (Å²) in [6.45, 7) is 2.72. The van der Waals surface area contributed by atoms with Crippen LogP contribution in [0.3, 0.4) is 0 Å². The van der Waals surface area contributed by atoms with Gasteiger partial charge < -0.3 is 5.32 Å². The number of aryl methyl sites for hydroxylation is 1. The van der Waals surface area contributed by atoms with Gasteiger partial charge in [0.05, 0.1) is 11.2 Å². The lowest BCUT2D eigenvalue weighted by Gasteiger charge is -2.03. The third-order valence-electron chi connectivity index (χ3n) is 1.93. The highest BCUT2D eigenvalue weighted by molar-refractivity contribution is 7.07. The smallest absolute Gasteiger partial charge is 0.179 e. The van der Waals surface area contributed by atoms with Crippen molar-refractivity contribution >= 4 is 11.3 Å². The molecule has 4 nitrogen and oxygen atoms in total. The van der Waals surface area contributed by atoms with Crippen molar-refractivity contribution in [3.8, 4) is 11.5 Å². The zero-order chi connectivity index (χ0) is 10.7. The molecule has 0 aliphatic heterocycles. The molecule has 1 N–H and O–H groups in total. The SMILES string of the molecule is CNCc1cc(C)nc(-c2cscn2)n1. The number of thiazole rings is 1. The van der Waals surface area contributed by atoms with Gasteiger partial charge in [-0.05, 0) is 20.0 Å². The van der Waals surface area contributed by atoms with Crippen LogP contribution in [0, 0.1) is 6.92 Å². The van der Waals surface area contributed by atoms with Crippen molar-refractivity contribution in [1.29, 1.82) is 0 Å².